The van der Waals surface area contributed by atoms with Crippen LogP contribution in [-0.4, -0.2) is 42.5 Å². The second-order valence-corrected chi connectivity index (χ2v) is 5.52. The lowest BCUT2D eigenvalue weighted by molar-refractivity contribution is 0.0103. The lowest BCUT2D eigenvalue weighted by Gasteiger charge is -2.28. The molecule has 3 N–H and O–H groups in total. The van der Waals surface area contributed by atoms with E-state index in [1.54, 1.807) is 7.11 Å². The second kappa shape index (κ2) is 6.74. The summed E-state index contributed by atoms with van der Waals surface area (Å²) in [5.41, 5.74) is 5.07. The van der Waals surface area contributed by atoms with E-state index in [0.29, 0.717) is 12.5 Å². The van der Waals surface area contributed by atoms with Gasteiger partial charge >= 0.3 is 0 Å². The lowest BCUT2D eigenvalue weighted by atomic mass is 9.89. The first-order valence-corrected chi connectivity index (χ1v) is 6.87. The Hall–Kier alpha value is 0.230. The zero-order valence-electron chi connectivity index (χ0n) is 9.58. The van der Waals surface area contributed by atoms with Crippen LogP contribution in [0.3, 0.4) is 0 Å². The molecule has 1 fully saturated rings. The Balaban J connectivity index is 2.15. The zero-order valence-corrected chi connectivity index (χ0v) is 10.4. The van der Waals surface area contributed by atoms with Crippen molar-refractivity contribution in [3.63, 3.8) is 0 Å². The van der Waals surface area contributed by atoms with Crippen molar-refractivity contribution in [1.29, 1.82) is 0 Å². The lowest BCUT2D eigenvalue weighted by Crippen LogP contribution is -2.41. The molecule has 0 radical (unpaired) electrons. The first-order chi connectivity index (χ1) is 7.23. The van der Waals surface area contributed by atoms with Gasteiger partial charge in [0.25, 0.3) is 0 Å². The molecule has 2 unspecified atom stereocenters. The minimum Gasteiger partial charge on any atom is -0.388 e. The summed E-state index contributed by atoms with van der Waals surface area (Å²) in [6, 6.07) is 0. The molecular formula is C11H23NO2S. The molecule has 0 aliphatic heterocycles. The standard InChI is InChI=1S/C11H23NO2S/c1-14-6-8-15-7-4-10-3-2-5-11(10,13)9-12/h10,13H,2-9,12H2,1H3. The normalized spacial score (nSPS) is 31.0. The Kier molecular flexibility index (Phi) is 5.97. The predicted molar refractivity (Wildman–Crippen MR) is 65.2 cm³/mol. The van der Waals surface area contributed by atoms with Gasteiger partial charge in [0, 0.05) is 19.4 Å². The highest BCUT2D eigenvalue weighted by Gasteiger charge is 2.39. The molecule has 15 heavy (non-hydrogen) atoms. The summed E-state index contributed by atoms with van der Waals surface area (Å²) < 4.78 is 4.99. The fraction of sp³-hybridized carbons (Fsp3) is 1.00. The molecule has 0 aromatic heterocycles. The van der Waals surface area contributed by atoms with Crippen molar-refractivity contribution in [2.45, 2.75) is 31.3 Å². The van der Waals surface area contributed by atoms with Crippen LogP contribution < -0.4 is 5.73 Å². The SMILES string of the molecule is COCCSCCC1CCCC1(O)CN. The van der Waals surface area contributed by atoms with Crippen molar-refractivity contribution in [2.75, 3.05) is 31.8 Å². The maximum atomic E-state index is 10.2. The third-order valence-electron chi connectivity index (χ3n) is 3.32. The Bertz CT molecular complexity index is 180. The van der Waals surface area contributed by atoms with Crippen LogP contribution in [0, 0.1) is 5.92 Å². The van der Waals surface area contributed by atoms with Crippen molar-refractivity contribution in [3.05, 3.63) is 0 Å². The molecule has 1 rings (SSSR count). The van der Waals surface area contributed by atoms with E-state index in [1.807, 2.05) is 11.8 Å². The van der Waals surface area contributed by atoms with E-state index in [-0.39, 0.29) is 0 Å². The molecule has 0 aromatic carbocycles. The molecule has 0 saturated heterocycles. The molecular weight excluding hydrogens is 210 g/mol. The second-order valence-electron chi connectivity index (χ2n) is 4.29. The number of rotatable bonds is 7. The van der Waals surface area contributed by atoms with Crippen LogP contribution in [0.1, 0.15) is 25.7 Å². The van der Waals surface area contributed by atoms with Gasteiger partial charge in [-0.25, -0.2) is 0 Å². The van der Waals surface area contributed by atoms with Crippen LogP contribution in [0.25, 0.3) is 0 Å². The summed E-state index contributed by atoms with van der Waals surface area (Å²) in [4.78, 5) is 0. The Morgan fingerprint density at radius 1 is 1.53 bits per heavy atom. The van der Waals surface area contributed by atoms with E-state index in [1.165, 1.54) is 0 Å². The van der Waals surface area contributed by atoms with Gasteiger partial charge in [0.1, 0.15) is 0 Å². The number of ether oxygens (including phenoxy) is 1. The number of thioether (sulfide) groups is 1. The van der Waals surface area contributed by atoms with Crippen LogP contribution in [0.5, 0.6) is 0 Å². The van der Waals surface area contributed by atoms with E-state index in [0.717, 1.165) is 43.8 Å². The smallest absolute Gasteiger partial charge is 0.0797 e. The third-order valence-corrected chi connectivity index (χ3v) is 4.30. The molecule has 1 aliphatic carbocycles. The summed E-state index contributed by atoms with van der Waals surface area (Å²) in [7, 11) is 1.73. The van der Waals surface area contributed by atoms with Crippen LogP contribution in [0.4, 0.5) is 0 Å². The largest absolute Gasteiger partial charge is 0.388 e. The quantitative estimate of drug-likeness (QED) is 0.650. The minimum atomic E-state index is -0.568. The summed E-state index contributed by atoms with van der Waals surface area (Å²) in [5, 5.41) is 10.2. The number of hydrogen-bond donors (Lipinski definition) is 2. The average molecular weight is 233 g/mol. The molecule has 0 aromatic rings. The molecule has 4 heteroatoms. The van der Waals surface area contributed by atoms with Crippen LogP contribution in [-0.2, 0) is 4.74 Å². The highest BCUT2D eigenvalue weighted by atomic mass is 32.2. The first-order valence-electron chi connectivity index (χ1n) is 5.72. The van der Waals surface area contributed by atoms with Crippen molar-refractivity contribution >= 4 is 11.8 Å². The highest BCUT2D eigenvalue weighted by Crippen LogP contribution is 2.37. The molecule has 90 valence electrons. The van der Waals surface area contributed by atoms with Gasteiger partial charge in [-0.2, -0.15) is 11.8 Å². The summed E-state index contributed by atoms with van der Waals surface area (Å²) >= 11 is 1.90. The van der Waals surface area contributed by atoms with Gasteiger partial charge < -0.3 is 15.6 Å². The van der Waals surface area contributed by atoms with Gasteiger partial charge in [0.05, 0.1) is 12.2 Å². The van der Waals surface area contributed by atoms with Gasteiger partial charge in [-0.05, 0) is 30.9 Å². The number of hydrogen-bond acceptors (Lipinski definition) is 4. The molecule has 1 aliphatic rings. The van der Waals surface area contributed by atoms with E-state index in [2.05, 4.69) is 0 Å². The minimum absolute atomic E-state index is 0.414. The van der Waals surface area contributed by atoms with Crippen molar-refractivity contribution in [3.8, 4) is 0 Å². The number of methoxy groups -OCH3 is 1. The maximum Gasteiger partial charge on any atom is 0.0797 e. The van der Waals surface area contributed by atoms with Crippen LogP contribution in [0.15, 0.2) is 0 Å². The number of aliphatic hydroxyl groups is 1. The zero-order chi connectivity index (χ0) is 11.1. The summed E-state index contributed by atoms with van der Waals surface area (Å²) in [6.45, 7) is 1.23. The van der Waals surface area contributed by atoms with E-state index >= 15 is 0 Å². The predicted octanol–water partition coefficient (Wildman–Crippen LogP) is 1.25. The van der Waals surface area contributed by atoms with Gasteiger partial charge in [-0.15, -0.1) is 0 Å². The Labute approximate surface area is 96.8 Å². The van der Waals surface area contributed by atoms with E-state index in [4.69, 9.17) is 10.5 Å². The number of nitrogens with two attached hydrogens (primary N) is 1. The molecule has 0 heterocycles. The molecule has 3 nitrogen and oxygen atoms in total. The van der Waals surface area contributed by atoms with Crippen molar-refractivity contribution in [2.24, 2.45) is 11.7 Å². The molecule has 0 amide bonds. The molecule has 1 saturated carbocycles. The average Bonchev–Trinajstić information content (AvgIpc) is 2.61. The van der Waals surface area contributed by atoms with Gasteiger partial charge in [0.2, 0.25) is 0 Å². The topological polar surface area (TPSA) is 55.5 Å². The highest BCUT2D eigenvalue weighted by molar-refractivity contribution is 7.99. The fourth-order valence-corrected chi connectivity index (χ4v) is 3.22. The van der Waals surface area contributed by atoms with Gasteiger partial charge in [-0.3, -0.25) is 0 Å². The Morgan fingerprint density at radius 2 is 2.33 bits per heavy atom. The van der Waals surface area contributed by atoms with Gasteiger partial charge in [-0.1, -0.05) is 6.42 Å². The molecule has 0 spiro atoms. The molecule has 0 bridgehead atoms. The van der Waals surface area contributed by atoms with Gasteiger partial charge in [0.15, 0.2) is 0 Å². The van der Waals surface area contributed by atoms with E-state index < -0.39 is 5.60 Å². The summed E-state index contributed by atoms with van der Waals surface area (Å²) in [6.07, 6.45) is 4.23. The maximum absolute atomic E-state index is 10.2. The third kappa shape index (κ3) is 3.94. The fourth-order valence-electron chi connectivity index (χ4n) is 2.28. The van der Waals surface area contributed by atoms with Crippen molar-refractivity contribution in [1.82, 2.24) is 0 Å². The summed E-state index contributed by atoms with van der Waals surface area (Å²) in [5.74, 6) is 2.57. The first kappa shape index (κ1) is 13.3. The molecule has 2 atom stereocenters. The van der Waals surface area contributed by atoms with E-state index in [9.17, 15) is 5.11 Å². The van der Waals surface area contributed by atoms with Crippen LogP contribution >= 0.6 is 11.8 Å². The monoisotopic (exact) mass is 233 g/mol. The van der Waals surface area contributed by atoms with Crippen molar-refractivity contribution < 1.29 is 9.84 Å². The van der Waals surface area contributed by atoms with Crippen LogP contribution in [0.2, 0.25) is 0 Å². The Morgan fingerprint density at radius 3 is 3.00 bits per heavy atom.